The van der Waals surface area contributed by atoms with Gasteiger partial charge >= 0.3 is 0 Å². The van der Waals surface area contributed by atoms with Crippen LogP contribution in [-0.2, 0) is 11.3 Å². The number of nitrogens with zero attached hydrogens (tertiary/aromatic N) is 1. The Hall–Kier alpha value is -1.55. The molecule has 1 aromatic rings. The fraction of sp³-hybridized carbons (Fsp3) is 0.562. The summed E-state index contributed by atoms with van der Waals surface area (Å²) in [7, 11) is 1.84. The van der Waals surface area contributed by atoms with Crippen molar-refractivity contribution in [2.75, 3.05) is 26.7 Å². The molecular formula is C16H24N2O2. The lowest BCUT2D eigenvalue weighted by Crippen LogP contribution is -2.35. The third kappa shape index (κ3) is 4.53. The normalized spacial score (nSPS) is 14.1. The van der Waals surface area contributed by atoms with E-state index in [4.69, 9.17) is 4.74 Å². The van der Waals surface area contributed by atoms with Gasteiger partial charge in [-0.15, -0.1) is 0 Å². The van der Waals surface area contributed by atoms with Crippen LogP contribution < -0.4 is 10.1 Å². The summed E-state index contributed by atoms with van der Waals surface area (Å²) in [4.78, 5) is 13.8. The fourth-order valence-corrected chi connectivity index (χ4v) is 2.11. The molecule has 0 atom stereocenters. The van der Waals surface area contributed by atoms with E-state index in [-0.39, 0.29) is 5.91 Å². The molecule has 1 aliphatic carbocycles. The van der Waals surface area contributed by atoms with E-state index in [0.29, 0.717) is 19.7 Å². The quantitative estimate of drug-likeness (QED) is 0.790. The molecule has 1 aromatic carbocycles. The molecule has 1 N–H and O–H groups in total. The molecule has 1 fully saturated rings. The third-order valence-electron chi connectivity index (χ3n) is 3.51. The Morgan fingerprint density at radius 2 is 2.15 bits per heavy atom. The van der Waals surface area contributed by atoms with Crippen molar-refractivity contribution in [2.24, 2.45) is 5.92 Å². The van der Waals surface area contributed by atoms with Gasteiger partial charge in [0.05, 0.1) is 13.2 Å². The maximum atomic E-state index is 12.0. The highest BCUT2D eigenvalue weighted by Gasteiger charge is 2.21. The molecule has 0 spiro atoms. The van der Waals surface area contributed by atoms with Crippen LogP contribution in [0.15, 0.2) is 24.3 Å². The summed E-state index contributed by atoms with van der Waals surface area (Å²) < 4.78 is 5.58. The lowest BCUT2D eigenvalue weighted by molar-refractivity contribution is -0.129. The first-order chi connectivity index (χ1) is 9.70. The van der Waals surface area contributed by atoms with Crippen LogP contribution in [-0.4, -0.2) is 37.6 Å². The fourth-order valence-electron chi connectivity index (χ4n) is 2.11. The average molecular weight is 276 g/mol. The van der Waals surface area contributed by atoms with E-state index in [2.05, 4.69) is 5.32 Å². The van der Waals surface area contributed by atoms with E-state index in [9.17, 15) is 4.79 Å². The number of hydrogen-bond donors (Lipinski definition) is 1. The zero-order chi connectivity index (χ0) is 14.4. The SMILES string of the molecule is CCOc1ccccc1CN(C)C(=O)CNCC1CC1. The van der Waals surface area contributed by atoms with Gasteiger partial charge in [0.1, 0.15) is 5.75 Å². The van der Waals surface area contributed by atoms with Crippen LogP contribution in [0.25, 0.3) is 0 Å². The predicted octanol–water partition coefficient (Wildman–Crippen LogP) is 2.04. The topological polar surface area (TPSA) is 41.6 Å². The maximum absolute atomic E-state index is 12.0. The van der Waals surface area contributed by atoms with Crippen molar-refractivity contribution in [2.45, 2.75) is 26.3 Å². The van der Waals surface area contributed by atoms with Gasteiger partial charge < -0.3 is 15.0 Å². The third-order valence-corrected chi connectivity index (χ3v) is 3.51. The van der Waals surface area contributed by atoms with Gasteiger partial charge in [-0.05, 0) is 38.3 Å². The molecule has 1 aliphatic rings. The minimum Gasteiger partial charge on any atom is -0.494 e. The van der Waals surface area contributed by atoms with E-state index < -0.39 is 0 Å². The van der Waals surface area contributed by atoms with Crippen LogP contribution in [0.4, 0.5) is 0 Å². The first-order valence-corrected chi connectivity index (χ1v) is 7.36. The first-order valence-electron chi connectivity index (χ1n) is 7.36. The second-order valence-electron chi connectivity index (χ2n) is 5.36. The largest absolute Gasteiger partial charge is 0.494 e. The van der Waals surface area contributed by atoms with Crippen LogP contribution in [0.2, 0.25) is 0 Å². The monoisotopic (exact) mass is 276 g/mol. The van der Waals surface area contributed by atoms with Gasteiger partial charge in [0.2, 0.25) is 5.91 Å². The van der Waals surface area contributed by atoms with Crippen molar-refractivity contribution >= 4 is 5.91 Å². The summed E-state index contributed by atoms with van der Waals surface area (Å²) in [5.41, 5.74) is 1.05. The Labute approximate surface area is 121 Å². The highest BCUT2D eigenvalue weighted by Crippen LogP contribution is 2.27. The van der Waals surface area contributed by atoms with Crippen molar-refractivity contribution in [1.82, 2.24) is 10.2 Å². The Kier molecular flexibility index (Phi) is 5.41. The molecule has 110 valence electrons. The molecule has 4 heteroatoms. The minimum absolute atomic E-state index is 0.122. The van der Waals surface area contributed by atoms with Crippen molar-refractivity contribution < 1.29 is 9.53 Å². The molecule has 4 nitrogen and oxygen atoms in total. The predicted molar refractivity (Wildman–Crippen MR) is 79.7 cm³/mol. The van der Waals surface area contributed by atoms with Gasteiger partial charge in [0.25, 0.3) is 0 Å². The van der Waals surface area contributed by atoms with Gasteiger partial charge in [0.15, 0.2) is 0 Å². The number of nitrogens with one attached hydrogen (secondary N) is 1. The summed E-state index contributed by atoms with van der Waals surface area (Å²) in [6.45, 7) is 4.57. The van der Waals surface area contributed by atoms with Gasteiger partial charge in [-0.3, -0.25) is 4.79 Å². The molecule has 0 aliphatic heterocycles. The van der Waals surface area contributed by atoms with Gasteiger partial charge in [-0.2, -0.15) is 0 Å². The highest BCUT2D eigenvalue weighted by molar-refractivity contribution is 5.78. The van der Waals surface area contributed by atoms with E-state index in [1.165, 1.54) is 12.8 Å². The van der Waals surface area contributed by atoms with Crippen LogP contribution >= 0.6 is 0 Å². The molecule has 0 bridgehead atoms. The van der Waals surface area contributed by atoms with E-state index in [1.807, 2.05) is 38.2 Å². The molecule has 0 unspecified atom stereocenters. The van der Waals surface area contributed by atoms with Gasteiger partial charge in [0, 0.05) is 19.2 Å². The standard InChI is InChI=1S/C16H24N2O2/c1-3-20-15-7-5-4-6-14(15)12-18(2)16(19)11-17-10-13-8-9-13/h4-7,13,17H,3,8-12H2,1-2H3. The van der Waals surface area contributed by atoms with Crippen molar-refractivity contribution in [3.05, 3.63) is 29.8 Å². The molecule has 1 saturated carbocycles. The molecule has 0 saturated heterocycles. The average Bonchev–Trinajstić information content (AvgIpc) is 3.25. The number of benzene rings is 1. The second-order valence-corrected chi connectivity index (χ2v) is 5.36. The Morgan fingerprint density at radius 3 is 2.85 bits per heavy atom. The zero-order valence-electron chi connectivity index (χ0n) is 12.4. The Bertz CT molecular complexity index is 444. The molecule has 0 heterocycles. The number of carbonyl (C=O) groups excluding carboxylic acids is 1. The summed E-state index contributed by atoms with van der Waals surface area (Å²) in [6.07, 6.45) is 2.61. The summed E-state index contributed by atoms with van der Waals surface area (Å²) in [6, 6.07) is 7.88. The van der Waals surface area contributed by atoms with Crippen LogP contribution in [0, 0.1) is 5.92 Å². The number of para-hydroxylation sites is 1. The molecule has 0 radical (unpaired) electrons. The Balaban J connectivity index is 1.82. The number of likely N-dealkylation sites (N-methyl/N-ethyl adjacent to an activating group) is 1. The number of ether oxygens (including phenoxy) is 1. The lowest BCUT2D eigenvalue weighted by atomic mass is 10.2. The zero-order valence-corrected chi connectivity index (χ0v) is 12.4. The lowest BCUT2D eigenvalue weighted by Gasteiger charge is -2.19. The van der Waals surface area contributed by atoms with Crippen LogP contribution in [0.3, 0.4) is 0 Å². The van der Waals surface area contributed by atoms with Crippen LogP contribution in [0.1, 0.15) is 25.3 Å². The maximum Gasteiger partial charge on any atom is 0.236 e. The molecule has 0 aromatic heterocycles. The summed E-state index contributed by atoms with van der Waals surface area (Å²) in [5.74, 6) is 1.78. The van der Waals surface area contributed by atoms with E-state index >= 15 is 0 Å². The number of hydrogen-bond acceptors (Lipinski definition) is 3. The molecule has 1 amide bonds. The molecular weight excluding hydrogens is 252 g/mol. The number of carbonyl (C=O) groups is 1. The van der Waals surface area contributed by atoms with Crippen molar-refractivity contribution in [1.29, 1.82) is 0 Å². The minimum atomic E-state index is 0.122. The van der Waals surface area contributed by atoms with E-state index in [0.717, 1.165) is 23.8 Å². The highest BCUT2D eigenvalue weighted by atomic mass is 16.5. The Morgan fingerprint density at radius 1 is 1.40 bits per heavy atom. The summed E-state index contributed by atoms with van der Waals surface area (Å²) in [5, 5.41) is 3.23. The summed E-state index contributed by atoms with van der Waals surface area (Å²) >= 11 is 0. The van der Waals surface area contributed by atoms with Gasteiger partial charge in [-0.1, -0.05) is 18.2 Å². The smallest absolute Gasteiger partial charge is 0.236 e. The molecule has 2 rings (SSSR count). The number of amides is 1. The van der Waals surface area contributed by atoms with Crippen LogP contribution in [0.5, 0.6) is 5.75 Å². The molecule has 20 heavy (non-hydrogen) atoms. The number of rotatable bonds is 8. The van der Waals surface area contributed by atoms with Gasteiger partial charge in [-0.25, -0.2) is 0 Å². The first kappa shape index (κ1) is 14.9. The van der Waals surface area contributed by atoms with Crippen molar-refractivity contribution in [3.8, 4) is 5.75 Å². The van der Waals surface area contributed by atoms with Crippen molar-refractivity contribution in [3.63, 3.8) is 0 Å². The van der Waals surface area contributed by atoms with E-state index in [1.54, 1.807) is 4.90 Å². The second kappa shape index (κ2) is 7.29.